The molecular formula is C41H48ClN11O4. The van der Waals surface area contributed by atoms with E-state index in [1.165, 1.54) is 0 Å². The highest BCUT2D eigenvalue weighted by atomic mass is 35.5. The van der Waals surface area contributed by atoms with E-state index in [9.17, 15) is 19.6 Å². The first-order chi connectivity index (χ1) is 27.3. The maximum Gasteiger partial charge on any atom is 0.328 e. The number of ether oxygens (including phenoxy) is 1. The molecule has 4 aliphatic rings. The lowest BCUT2D eigenvalue weighted by Crippen LogP contribution is -2.74. The van der Waals surface area contributed by atoms with Crippen LogP contribution in [-0.4, -0.2) is 98.9 Å². The number of fused-ring (bicyclic) bond motifs is 1. The summed E-state index contributed by atoms with van der Waals surface area (Å²) in [5.41, 5.74) is 2.01. The second-order valence-electron chi connectivity index (χ2n) is 16.9. The van der Waals surface area contributed by atoms with Gasteiger partial charge in [-0.1, -0.05) is 39.3 Å². The number of imide groups is 1. The summed E-state index contributed by atoms with van der Waals surface area (Å²) in [6, 6.07) is 8.56. The van der Waals surface area contributed by atoms with Gasteiger partial charge in [0.25, 0.3) is 5.91 Å². The molecule has 4 aromatic rings. The first-order valence-electron chi connectivity index (χ1n) is 19.7. The largest absolute Gasteiger partial charge is 0.489 e. The number of nitriles is 1. The number of likely N-dealkylation sites (tertiary alicyclic amines) is 1. The van der Waals surface area contributed by atoms with Gasteiger partial charge in [-0.15, -0.1) is 0 Å². The van der Waals surface area contributed by atoms with E-state index in [2.05, 4.69) is 69.1 Å². The summed E-state index contributed by atoms with van der Waals surface area (Å²) in [7, 11) is 0. The predicted octanol–water partition coefficient (Wildman–Crippen LogP) is 5.36. The molecule has 0 bridgehead atoms. The van der Waals surface area contributed by atoms with Crippen LogP contribution in [0.1, 0.15) is 82.0 Å². The van der Waals surface area contributed by atoms with Crippen LogP contribution in [0.4, 0.5) is 16.2 Å². The van der Waals surface area contributed by atoms with Crippen LogP contribution in [0.15, 0.2) is 49.1 Å². The Bertz CT molecular complexity index is 2200. The molecule has 3 aromatic heterocycles. The highest BCUT2D eigenvalue weighted by molar-refractivity contribution is 6.31. The first kappa shape index (κ1) is 38.5. The van der Waals surface area contributed by atoms with E-state index < -0.39 is 16.9 Å². The number of hydrogen-bond acceptors (Lipinski definition) is 11. The molecule has 0 atom stereocenters. The molecule has 15 nitrogen and oxygen atoms in total. The molecule has 57 heavy (non-hydrogen) atoms. The van der Waals surface area contributed by atoms with Gasteiger partial charge in [-0.3, -0.25) is 19.8 Å². The minimum absolute atomic E-state index is 0.137. The summed E-state index contributed by atoms with van der Waals surface area (Å²) < 4.78 is 8.37. The molecule has 0 radical (unpaired) electrons. The van der Waals surface area contributed by atoms with Crippen molar-refractivity contribution in [3.8, 4) is 11.8 Å². The highest BCUT2D eigenvalue weighted by Crippen LogP contribution is 2.55. The van der Waals surface area contributed by atoms with Crippen LogP contribution in [0.5, 0.6) is 5.75 Å². The van der Waals surface area contributed by atoms with Crippen LogP contribution in [0.2, 0.25) is 5.02 Å². The molecule has 298 valence electrons. The number of halogens is 1. The van der Waals surface area contributed by atoms with E-state index >= 15 is 0 Å². The molecule has 16 heteroatoms. The molecule has 2 N–H and O–H groups in total. The Hall–Kier alpha value is -5.33. The van der Waals surface area contributed by atoms with Crippen molar-refractivity contribution in [2.75, 3.05) is 49.1 Å². The van der Waals surface area contributed by atoms with E-state index in [1.54, 1.807) is 47.9 Å². The monoisotopic (exact) mass is 793 g/mol. The van der Waals surface area contributed by atoms with Gasteiger partial charge in [0.2, 0.25) is 11.7 Å². The van der Waals surface area contributed by atoms with Crippen molar-refractivity contribution >= 4 is 51.9 Å². The number of pyridine rings is 1. The van der Waals surface area contributed by atoms with Gasteiger partial charge >= 0.3 is 6.03 Å². The number of rotatable bonds is 9. The van der Waals surface area contributed by atoms with Crippen molar-refractivity contribution in [3.63, 3.8) is 0 Å². The third kappa shape index (κ3) is 7.36. The zero-order chi connectivity index (χ0) is 40.1. The molecule has 1 aromatic carbocycles. The molecule has 1 saturated carbocycles. The van der Waals surface area contributed by atoms with E-state index in [-0.39, 0.29) is 42.2 Å². The fourth-order valence-electron chi connectivity index (χ4n) is 9.71. The number of carbonyl (C=O) groups excluding carboxylic acids is 3. The van der Waals surface area contributed by atoms with Crippen molar-refractivity contribution in [2.45, 2.75) is 78.0 Å². The Labute approximate surface area is 336 Å². The van der Waals surface area contributed by atoms with E-state index in [4.69, 9.17) is 21.4 Å². The molecule has 0 unspecified atom stereocenters. The molecule has 4 fully saturated rings. The van der Waals surface area contributed by atoms with E-state index in [0.717, 1.165) is 80.8 Å². The van der Waals surface area contributed by atoms with E-state index in [1.807, 2.05) is 10.7 Å². The predicted molar refractivity (Wildman–Crippen MR) is 214 cm³/mol. The van der Waals surface area contributed by atoms with Gasteiger partial charge in [-0.05, 0) is 49.8 Å². The topological polar surface area (TPSA) is 174 Å². The van der Waals surface area contributed by atoms with Gasteiger partial charge in [0.15, 0.2) is 5.65 Å². The summed E-state index contributed by atoms with van der Waals surface area (Å²) in [6.07, 6.45) is 11.1. The number of hydrogen-bond donors (Lipinski definition) is 2. The normalized spacial score (nSPS) is 22.8. The second kappa shape index (κ2) is 15.2. The Morgan fingerprint density at radius 3 is 2.37 bits per heavy atom. The van der Waals surface area contributed by atoms with Crippen molar-refractivity contribution in [1.29, 1.82) is 5.26 Å². The molecular weight excluding hydrogens is 746 g/mol. The number of aromatic nitrogens is 5. The number of anilines is 2. The lowest BCUT2D eigenvalue weighted by Gasteiger charge is -2.63. The summed E-state index contributed by atoms with van der Waals surface area (Å²) in [5, 5.41) is 20.7. The molecule has 3 saturated heterocycles. The number of nitrogens with zero attached hydrogens (tertiary/aromatic N) is 9. The van der Waals surface area contributed by atoms with Crippen molar-refractivity contribution < 1.29 is 19.1 Å². The number of amides is 4. The van der Waals surface area contributed by atoms with Crippen LogP contribution >= 0.6 is 11.6 Å². The number of carbonyl (C=O) groups is 3. The second-order valence-corrected chi connectivity index (χ2v) is 17.3. The van der Waals surface area contributed by atoms with Gasteiger partial charge < -0.3 is 19.9 Å². The van der Waals surface area contributed by atoms with Crippen molar-refractivity contribution in [3.05, 3.63) is 65.5 Å². The minimum atomic E-state index is -0.411. The Morgan fingerprint density at radius 1 is 0.982 bits per heavy atom. The molecule has 0 spiro atoms. The Morgan fingerprint density at radius 2 is 1.70 bits per heavy atom. The maximum absolute atomic E-state index is 13.4. The van der Waals surface area contributed by atoms with Gasteiger partial charge in [-0.25, -0.2) is 24.4 Å². The van der Waals surface area contributed by atoms with Crippen molar-refractivity contribution in [1.82, 2.24) is 40.3 Å². The SMILES string of the molecule is CC1(C)C(NC(=O)c2ncc(N3CCC(CN4CCC(n5ncc6c(N7CCC(=O)NC7=O)ccnc65)CC4)CC3)cn2)C(C)(C)C1Oc1ccc(C#N)c(Cl)c1. The zero-order valence-corrected chi connectivity index (χ0v) is 33.5. The van der Waals surface area contributed by atoms with Gasteiger partial charge in [0.1, 0.15) is 17.9 Å². The van der Waals surface area contributed by atoms with Crippen LogP contribution in [0.3, 0.4) is 0 Å². The molecule has 1 aliphatic carbocycles. The summed E-state index contributed by atoms with van der Waals surface area (Å²) in [4.78, 5) is 57.6. The fourth-order valence-corrected chi connectivity index (χ4v) is 9.92. The Balaban J connectivity index is 0.800. The molecule has 8 rings (SSSR count). The minimum Gasteiger partial charge on any atom is -0.489 e. The zero-order valence-electron chi connectivity index (χ0n) is 32.7. The van der Waals surface area contributed by atoms with Crippen LogP contribution in [0, 0.1) is 28.1 Å². The highest BCUT2D eigenvalue weighted by Gasteiger charge is 2.64. The number of nitrogens with one attached hydrogen (secondary N) is 2. The number of urea groups is 1. The van der Waals surface area contributed by atoms with Gasteiger partial charge in [0, 0.05) is 74.8 Å². The molecule has 4 amide bonds. The fraction of sp³-hybridized carbons (Fsp3) is 0.512. The average Bonchev–Trinajstić information content (AvgIpc) is 3.64. The maximum atomic E-state index is 13.4. The molecule has 3 aliphatic heterocycles. The molecule has 6 heterocycles. The van der Waals surface area contributed by atoms with Crippen LogP contribution < -0.4 is 25.2 Å². The lowest BCUT2D eigenvalue weighted by molar-refractivity contribution is -0.164. The van der Waals surface area contributed by atoms with Crippen molar-refractivity contribution in [2.24, 2.45) is 16.7 Å². The lowest BCUT2D eigenvalue weighted by atomic mass is 9.49. The summed E-state index contributed by atoms with van der Waals surface area (Å²) >= 11 is 6.24. The average molecular weight is 794 g/mol. The van der Waals surface area contributed by atoms with Gasteiger partial charge in [0.05, 0.1) is 52.0 Å². The summed E-state index contributed by atoms with van der Waals surface area (Å²) in [6.45, 7) is 13.4. The van der Waals surface area contributed by atoms with Crippen LogP contribution in [0.25, 0.3) is 11.0 Å². The number of benzene rings is 1. The third-order valence-electron chi connectivity index (χ3n) is 12.5. The van der Waals surface area contributed by atoms with Crippen LogP contribution in [-0.2, 0) is 4.79 Å². The third-order valence-corrected chi connectivity index (χ3v) is 12.8. The van der Waals surface area contributed by atoms with E-state index in [0.29, 0.717) is 28.8 Å². The standard InChI is InChI=1S/C41H48ClN11O4/c1-40(2)37(41(3,4)38(40)57-29-6-5-26(20-43)31(42)19-29)49-36(55)34-45-21-28(22-46-34)51-16-8-25(9-17-51)24-50-14-10-27(11-15-50)53-35-30(23-47-53)32(7-13-44-35)52-18-12-33(54)48-39(52)56/h5-7,13,19,21-23,25,27,37-38H,8-12,14-18,24H2,1-4H3,(H,49,55)(H,48,54,56). The summed E-state index contributed by atoms with van der Waals surface area (Å²) in [5.74, 6) is 0.741. The van der Waals surface area contributed by atoms with Gasteiger partial charge in [-0.2, -0.15) is 10.4 Å². The smallest absolute Gasteiger partial charge is 0.328 e. The Kier molecular flexibility index (Phi) is 10.3. The quantitative estimate of drug-likeness (QED) is 0.223. The number of piperidine rings is 2. The first-order valence-corrected chi connectivity index (χ1v) is 20.1.